The number of likely N-dealkylation sites (N-methyl/N-ethyl adjacent to an activating group) is 1. The van der Waals surface area contributed by atoms with Crippen LogP contribution in [0.2, 0.25) is 0 Å². The van der Waals surface area contributed by atoms with Crippen LogP contribution < -0.4 is 20.1 Å². The number of nitrogens with zero attached hydrogens (tertiary/aromatic N) is 2. The van der Waals surface area contributed by atoms with Crippen molar-refractivity contribution in [1.29, 1.82) is 0 Å². The summed E-state index contributed by atoms with van der Waals surface area (Å²) in [6.45, 7) is 5.55. The van der Waals surface area contributed by atoms with E-state index in [0.717, 1.165) is 42.7 Å². The number of anilines is 1. The number of urea groups is 1. The molecule has 9 nitrogen and oxygen atoms in total. The van der Waals surface area contributed by atoms with Crippen LogP contribution in [-0.2, 0) is 6.54 Å². The molecular weight excluding hydrogens is 568 g/mol. The lowest BCUT2D eigenvalue weighted by atomic mass is 9.96. The van der Waals surface area contributed by atoms with Gasteiger partial charge in [0.1, 0.15) is 23.4 Å². The Hall–Kier alpha value is -4.08. The van der Waals surface area contributed by atoms with Crippen LogP contribution >= 0.6 is 0 Å². The molecule has 1 saturated carbocycles. The zero-order valence-corrected chi connectivity index (χ0v) is 26.6. The SMILES string of the molecule is C[C@H](CO)N1C[C@H](C)[C@@H](CN(C)Cc2ccc(Oc3ccccc3)cc2)Oc2ccc(NC(=O)NC3CCCCC3)cc2C1=O. The van der Waals surface area contributed by atoms with Gasteiger partial charge in [-0.05, 0) is 74.8 Å². The number of hydrogen-bond acceptors (Lipinski definition) is 6. The molecular formula is C36H46N4O5. The molecule has 3 amide bonds. The highest BCUT2D eigenvalue weighted by Crippen LogP contribution is 2.31. The van der Waals surface area contributed by atoms with E-state index in [1.165, 1.54) is 6.42 Å². The summed E-state index contributed by atoms with van der Waals surface area (Å²) >= 11 is 0. The Morgan fingerprint density at radius 1 is 1.04 bits per heavy atom. The fraction of sp³-hybridized carbons (Fsp3) is 0.444. The molecule has 0 bridgehead atoms. The van der Waals surface area contributed by atoms with Crippen molar-refractivity contribution in [2.45, 2.75) is 70.7 Å². The number of carbonyl (C=O) groups excluding carboxylic acids is 2. The Balaban J connectivity index is 1.28. The van der Waals surface area contributed by atoms with Crippen LogP contribution in [0.1, 0.15) is 61.9 Å². The molecule has 1 aliphatic carbocycles. The van der Waals surface area contributed by atoms with Gasteiger partial charge in [0.05, 0.1) is 18.2 Å². The van der Waals surface area contributed by atoms with Crippen LogP contribution in [0.5, 0.6) is 17.2 Å². The second-order valence-corrected chi connectivity index (χ2v) is 12.5. The molecule has 3 N–H and O–H groups in total. The molecule has 3 aromatic carbocycles. The summed E-state index contributed by atoms with van der Waals surface area (Å²) in [6.07, 6.45) is 5.21. The monoisotopic (exact) mass is 614 g/mol. The molecule has 1 fully saturated rings. The molecule has 1 aliphatic heterocycles. The minimum Gasteiger partial charge on any atom is -0.488 e. The lowest BCUT2D eigenvalue weighted by molar-refractivity contribution is 0.0341. The number of fused-ring (bicyclic) bond motifs is 1. The number of carbonyl (C=O) groups is 2. The highest BCUT2D eigenvalue weighted by Gasteiger charge is 2.33. The molecule has 0 unspecified atom stereocenters. The first kappa shape index (κ1) is 32.3. The Kier molecular flexibility index (Phi) is 11.0. The van der Waals surface area contributed by atoms with E-state index in [1.54, 1.807) is 23.1 Å². The molecule has 5 rings (SSSR count). The van der Waals surface area contributed by atoms with Crippen molar-refractivity contribution in [3.05, 3.63) is 83.9 Å². The summed E-state index contributed by atoms with van der Waals surface area (Å²) in [7, 11) is 2.06. The third-order valence-corrected chi connectivity index (χ3v) is 8.71. The Morgan fingerprint density at radius 2 is 1.76 bits per heavy atom. The second-order valence-electron chi connectivity index (χ2n) is 12.5. The van der Waals surface area contributed by atoms with Crippen molar-refractivity contribution >= 4 is 17.6 Å². The summed E-state index contributed by atoms with van der Waals surface area (Å²) in [6, 6.07) is 22.6. The predicted octanol–water partition coefficient (Wildman–Crippen LogP) is 6.29. The number of amides is 3. The van der Waals surface area contributed by atoms with E-state index in [2.05, 4.69) is 41.6 Å². The first-order valence-corrected chi connectivity index (χ1v) is 16.1. The van der Waals surface area contributed by atoms with Gasteiger partial charge in [0.25, 0.3) is 5.91 Å². The van der Waals surface area contributed by atoms with Crippen molar-refractivity contribution in [3.8, 4) is 17.2 Å². The highest BCUT2D eigenvalue weighted by molar-refractivity contribution is 5.99. The smallest absolute Gasteiger partial charge is 0.319 e. The van der Waals surface area contributed by atoms with Crippen molar-refractivity contribution in [1.82, 2.24) is 15.1 Å². The van der Waals surface area contributed by atoms with Gasteiger partial charge in [-0.15, -0.1) is 0 Å². The summed E-state index contributed by atoms with van der Waals surface area (Å²) in [5.74, 6) is 1.83. The largest absolute Gasteiger partial charge is 0.488 e. The van der Waals surface area contributed by atoms with E-state index in [-0.39, 0.29) is 42.7 Å². The predicted molar refractivity (Wildman–Crippen MR) is 176 cm³/mol. The molecule has 0 saturated heterocycles. The minimum absolute atomic E-state index is 0.000675. The maximum absolute atomic E-state index is 13.8. The average Bonchev–Trinajstić information content (AvgIpc) is 3.04. The highest BCUT2D eigenvalue weighted by atomic mass is 16.5. The average molecular weight is 615 g/mol. The number of hydrogen-bond donors (Lipinski definition) is 3. The molecule has 3 atom stereocenters. The number of ether oxygens (including phenoxy) is 2. The molecule has 45 heavy (non-hydrogen) atoms. The van der Waals surface area contributed by atoms with Gasteiger partial charge in [-0.3, -0.25) is 9.69 Å². The third-order valence-electron chi connectivity index (χ3n) is 8.71. The maximum atomic E-state index is 13.8. The summed E-state index contributed by atoms with van der Waals surface area (Å²) in [5.41, 5.74) is 2.04. The lowest BCUT2D eigenvalue weighted by Crippen LogP contribution is -2.49. The van der Waals surface area contributed by atoms with E-state index >= 15 is 0 Å². The quantitative estimate of drug-likeness (QED) is 0.248. The van der Waals surface area contributed by atoms with E-state index in [4.69, 9.17) is 9.47 Å². The topological polar surface area (TPSA) is 103 Å². The van der Waals surface area contributed by atoms with Gasteiger partial charge in [0, 0.05) is 37.3 Å². The summed E-state index contributed by atoms with van der Waals surface area (Å²) in [5, 5.41) is 16.0. The molecule has 0 aromatic heterocycles. The molecule has 0 radical (unpaired) electrons. The minimum atomic E-state index is -0.368. The lowest BCUT2D eigenvalue weighted by Gasteiger charge is -2.38. The maximum Gasteiger partial charge on any atom is 0.319 e. The summed E-state index contributed by atoms with van der Waals surface area (Å²) < 4.78 is 12.5. The van der Waals surface area contributed by atoms with Gasteiger partial charge in [-0.2, -0.15) is 0 Å². The van der Waals surface area contributed by atoms with E-state index in [9.17, 15) is 14.7 Å². The van der Waals surface area contributed by atoms with Crippen LogP contribution in [0.4, 0.5) is 10.5 Å². The first-order valence-electron chi connectivity index (χ1n) is 16.1. The molecule has 1 heterocycles. The number of aliphatic hydroxyl groups excluding tert-OH is 1. The van der Waals surface area contributed by atoms with Crippen molar-refractivity contribution < 1.29 is 24.2 Å². The Morgan fingerprint density at radius 3 is 2.47 bits per heavy atom. The molecule has 2 aliphatic rings. The van der Waals surface area contributed by atoms with E-state index in [0.29, 0.717) is 36.6 Å². The molecule has 3 aromatic rings. The van der Waals surface area contributed by atoms with Crippen LogP contribution in [0.3, 0.4) is 0 Å². The first-order chi connectivity index (χ1) is 21.8. The number of benzene rings is 3. The number of rotatable bonds is 10. The molecule has 240 valence electrons. The van der Waals surface area contributed by atoms with Crippen LogP contribution in [0, 0.1) is 5.92 Å². The van der Waals surface area contributed by atoms with E-state index in [1.807, 2.05) is 49.4 Å². The van der Waals surface area contributed by atoms with Crippen LogP contribution in [0.15, 0.2) is 72.8 Å². The zero-order chi connectivity index (χ0) is 31.8. The number of aliphatic hydroxyl groups is 1. The Labute approximate surface area is 266 Å². The van der Waals surface area contributed by atoms with Crippen molar-refractivity contribution in [2.24, 2.45) is 5.92 Å². The zero-order valence-electron chi connectivity index (χ0n) is 26.6. The van der Waals surface area contributed by atoms with Crippen LogP contribution in [-0.4, -0.2) is 71.8 Å². The Bertz CT molecular complexity index is 1410. The van der Waals surface area contributed by atoms with Gasteiger partial charge in [0.2, 0.25) is 0 Å². The van der Waals surface area contributed by atoms with Gasteiger partial charge in [0.15, 0.2) is 0 Å². The third kappa shape index (κ3) is 8.77. The van der Waals surface area contributed by atoms with Crippen molar-refractivity contribution in [3.63, 3.8) is 0 Å². The van der Waals surface area contributed by atoms with Gasteiger partial charge in [-0.25, -0.2) is 4.79 Å². The fourth-order valence-corrected chi connectivity index (χ4v) is 6.09. The molecule has 9 heteroatoms. The van der Waals surface area contributed by atoms with Crippen LogP contribution in [0.25, 0.3) is 0 Å². The van der Waals surface area contributed by atoms with E-state index < -0.39 is 0 Å². The standard InChI is InChI=1S/C36H46N4O5/c1-25-21-40(26(2)24-41)35(42)32-20-29(38-36(43)37-28-10-6-4-7-11-28)16-19-33(32)45-34(25)23-39(3)22-27-14-17-31(18-15-27)44-30-12-8-5-9-13-30/h5,8-9,12-20,25-26,28,34,41H,4,6-7,10-11,21-24H2,1-3H3,(H2,37,38,43)/t25-,26+,34+/m0/s1. The second kappa shape index (κ2) is 15.3. The van der Waals surface area contributed by atoms with Crippen molar-refractivity contribution in [2.75, 3.05) is 32.1 Å². The summed E-state index contributed by atoms with van der Waals surface area (Å²) in [4.78, 5) is 30.5. The van der Waals surface area contributed by atoms with Gasteiger partial charge in [-0.1, -0.05) is 56.5 Å². The normalized spacial score (nSPS) is 19.6. The van der Waals surface area contributed by atoms with Gasteiger partial charge >= 0.3 is 6.03 Å². The molecule has 0 spiro atoms. The van der Waals surface area contributed by atoms with Gasteiger partial charge < -0.3 is 30.1 Å². The number of nitrogens with one attached hydrogen (secondary N) is 2. The fourth-order valence-electron chi connectivity index (χ4n) is 6.09. The number of para-hydroxylation sites is 1.